The molecule has 1 unspecified atom stereocenters. The molecule has 0 bridgehead atoms. The van der Waals surface area contributed by atoms with Crippen LogP contribution in [0.4, 0.5) is 0 Å². The molecule has 0 aliphatic carbocycles. The van der Waals surface area contributed by atoms with Crippen LogP contribution in [0.5, 0.6) is 5.88 Å². The van der Waals surface area contributed by atoms with Crippen LogP contribution < -0.4 is 10.1 Å². The van der Waals surface area contributed by atoms with Crippen LogP contribution in [0.2, 0.25) is 0 Å². The van der Waals surface area contributed by atoms with Crippen LogP contribution in [0.1, 0.15) is 29.4 Å². The van der Waals surface area contributed by atoms with Gasteiger partial charge in [0.1, 0.15) is 11.6 Å². The Morgan fingerprint density at radius 1 is 1.52 bits per heavy atom. The van der Waals surface area contributed by atoms with Crippen molar-refractivity contribution in [2.24, 2.45) is 7.05 Å². The average Bonchev–Trinajstić information content (AvgIpc) is 2.69. The van der Waals surface area contributed by atoms with Crippen molar-refractivity contribution in [1.82, 2.24) is 15.1 Å². The van der Waals surface area contributed by atoms with E-state index in [1.54, 1.807) is 14.0 Å². The number of carbonyl (C=O) groups is 2. The molecule has 0 aromatic carbocycles. The van der Waals surface area contributed by atoms with E-state index in [9.17, 15) is 9.59 Å². The Morgan fingerprint density at radius 3 is 2.71 bits per heavy atom. The molecule has 2 N–H and O–H groups in total. The molecule has 0 aliphatic rings. The number of aryl methyl sites for hydroxylation is 2. The summed E-state index contributed by atoms with van der Waals surface area (Å²) in [6.07, 6.45) is 2.25. The van der Waals surface area contributed by atoms with E-state index in [4.69, 9.17) is 9.84 Å². The molecule has 0 saturated heterocycles. The fourth-order valence-corrected chi connectivity index (χ4v) is 2.40. The molecule has 1 amide bonds. The minimum atomic E-state index is -1.04. The van der Waals surface area contributed by atoms with Gasteiger partial charge in [0.2, 0.25) is 5.88 Å². The van der Waals surface area contributed by atoms with Gasteiger partial charge in [-0.2, -0.15) is 16.9 Å². The predicted molar refractivity (Wildman–Crippen MR) is 81.0 cm³/mol. The Balaban J connectivity index is 2.94. The topological polar surface area (TPSA) is 93.4 Å². The Labute approximate surface area is 128 Å². The lowest BCUT2D eigenvalue weighted by Crippen LogP contribution is -2.41. The number of aliphatic carboxylic acids is 1. The number of aromatic nitrogens is 2. The molecule has 0 aliphatic heterocycles. The Kier molecular flexibility index (Phi) is 6.54. The summed E-state index contributed by atoms with van der Waals surface area (Å²) in [6, 6.07) is -0.918. The zero-order chi connectivity index (χ0) is 16.0. The minimum absolute atomic E-state index is 0.287. The first-order chi connectivity index (χ1) is 9.92. The molecule has 21 heavy (non-hydrogen) atoms. The normalized spacial score (nSPS) is 12.0. The van der Waals surface area contributed by atoms with E-state index in [0.29, 0.717) is 30.4 Å². The summed E-state index contributed by atoms with van der Waals surface area (Å²) in [5.74, 6) is -0.516. The zero-order valence-electron chi connectivity index (χ0n) is 12.7. The maximum Gasteiger partial charge on any atom is 0.326 e. The van der Waals surface area contributed by atoms with Gasteiger partial charge >= 0.3 is 5.97 Å². The molecule has 1 aromatic rings. The summed E-state index contributed by atoms with van der Waals surface area (Å²) in [5.41, 5.74) is 0.794. The van der Waals surface area contributed by atoms with Gasteiger partial charge in [0, 0.05) is 7.05 Å². The smallest absolute Gasteiger partial charge is 0.326 e. The molecule has 1 rings (SSSR count). The number of carboxylic acid groups (broad SMARTS) is 1. The Hall–Kier alpha value is -1.70. The molecule has 1 atom stereocenters. The van der Waals surface area contributed by atoms with Gasteiger partial charge < -0.3 is 15.2 Å². The van der Waals surface area contributed by atoms with Gasteiger partial charge in [-0.25, -0.2) is 9.48 Å². The number of amides is 1. The van der Waals surface area contributed by atoms with Crippen molar-refractivity contribution < 1.29 is 19.4 Å². The molecule has 7 nitrogen and oxygen atoms in total. The van der Waals surface area contributed by atoms with Crippen LogP contribution in [0.25, 0.3) is 0 Å². The highest BCUT2D eigenvalue weighted by atomic mass is 32.2. The number of thioether (sulfide) groups is 1. The van der Waals surface area contributed by atoms with Crippen LogP contribution in [-0.2, 0) is 11.8 Å². The molecular formula is C13H21N3O4S. The summed E-state index contributed by atoms with van der Waals surface area (Å²) >= 11 is 1.53. The summed E-state index contributed by atoms with van der Waals surface area (Å²) in [4.78, 5) is 23.5. The molecule has 1 heterocycles. The number of nitrogens with zero attached hydrogens (tertiary/aromatic N) is 2. The van der Waals surface area contributed by atoms with Crippen molar-refractivity contribution in [2.75, 3.05) is 18.6 Å². The van der Waals surface area contributed by atoms with Crippen LogP contribution >= 0.6 is 11.8 Å². The number of ether oxygens (including phenoxy) is 1. The number of carbonyl (C=O) groups excluding carboxylic acids is 1. The highest BCUT2D eigenvalue weighted by molar-refractivity contribution is 7.98. The largest absolute Gasteiger partial charge is 0.480 e. The molecule has 118 valence electrons. The number of hydrogen-bond acceptors (Lipinski definition) is 5. The van der Waals surface area contributed by atoms with E-state index in [1.165, 1.54) is 16.4 Å². The van der Waals surface area contributed by atoms with Gasteiger partial charge in [-0.15, -0.1) is 0 Å². The second-order valence-electron chi connectivity index (χ2n) is 4.47. The second kappa shape index (κ2) is 7.92. The number of hydrogen-bond donors (Lipinski definition) is 2. The van der Waals surface area contributed by atoms with E-state index in [0.717, 1.165) is 0 Å². The third kappa shape index (κ3) is 4.38. The lowest BCUT2D eigenvalue weighted by atomic mass is 10.2. The van der Waals surface area contributed by atoms with E-state index >= 15 is 0 Å². The van der Waals surface area contributed by atoms with Gasteiger partial charge in [0.25, 0.3) is 5.91 Å². The van der Waals surface area contributed by atoms with Crippen LogP contribution in [0, 0.1) is 6.92 Å². The van der Waals surface area contributed by atoms with Crippen LogP contribution in [0.3, 0.4) is 0 Å². The van der Waals surface area contributed by atoms with Crippen molar-refractivity contribution in [3.05, 3.63) is 11.3 Å². The summed E-state index contributed by atoms with van der Waals surface area (Å²) < 4.78 is 6.90. The van der Waals surface area contributed by atoms with E-state index in [1.807, 2.05) is 13.2 Å². The predicted octanol–water partition coefficient (Wildman–Crippen LogP) is 1.06. The van der Waals surface area contributed by atoms with Crippen LogP contribution in [-0.4, -0.2) is 51.4 Å². The molecule has 1 aromatic heterocycles. The molecule has 0 fully saturated rings. The second-order valence-corrected chi connectivity index (χ2v) is 5.45. The summed E-state index contributed by atoms with van der Waals surface area (Å²) in [7, 11) is 1.68. The first kappa shape index (κ1) is 17.4. The van der Waals surface area contributed by atoms with Gasteiger partial charge in [0.05, 0.1) is 12.3 Å². The quantitative estimate of drug-likeness (QED) is 0.745. The van der Waals surface area contributed by atoms with Gasteiger partial charge in [0.15, 0.2) is 0 Å². The fourth-order valence-electron chi connectivity index (χ4n) is 1.92. The van der Waals surface area contributed by atoms with Crippen molar-refractivity contribution in [3.63, 3.8) is 0 Å². The summed E-state index contributed by atoms with van der Waals surface area (Å²) in [6.45, 7) is 3.89. The molecule has 0 radical (unpaired) electrons. The van der Waals surface area contributed by atoms with E-state index in [-0.39, 0.29) is 5.56 Å². The Morgan fingerprint density at radius 2 is 2.19 bits per heavy atom. The fraction of sp³-hybridized carbons (Fsp3) is 0.615. The van der Waals surface area contributed by atoms with Gasteiger partial charge in [-0.3, -0.25) is 4.79 Å². The van der Waals surface area contributed by atoms with Crippen molar-refractivity contribution >= 4 is 23.6 Å². The third-order valence-electron chi connectivity index (χ3n) is 2.89. The molecule has 0 spiro atoms. The number of nitrogens with one attached hydrogen (secondary N) is 1. The number of carboxylic acids is 1. The average molecular weight is 315 g/mol. The van der Waals surface area contributed by atoms with E-state index in [2.05, 4.69) is 10.4 Å². The zero-order valence-corrected chi connectivity index (χ0v) is 13.5. The lowest BCUT2D eigenvalue weighted by Gasteiger charge is -2.14. The third-order valence-corrected chi connectivity index (χ3v) is 3.54. The van der Waals surface area contributed by atoms with Crippen LogP contribution in [0.15, 0.2) is 0 Å². The highest BCUT2D eigenvalue weighted by Crippen LogP contribution is 2.21. The van der Waals surface area contributed by atoms with Crippen molar-refractivity contribution in [3.8, 4) is 5.88 Å². The Bertz CT molecular complexity index is 516. The van der Waals surface area contributed by atoms with E-state index < -0.39 is 17.9 Å². The highest BCUT2D eigenvalue weighted by Gasteiger charge is 2.26. The lowest BCUT2D eigenvalue weighted by molar-refractivity contribution is -0.139. The molecule has 8 heteroatoms. The maximum absolute atomic E-state index is 12.3. The number of rotatable bonds is 8. The molecule has 0 saturated carbocycles. The monoisotopic (exact) mass is 315 g/mol. The van der Waals surface area contributed by atoms with Gasteiger partial charge in [-0.05, 0) is 32.3 Å². The first-order valence-electron chi connectivity index (χ1n) is 6.61. The standard InChI is InChI=1S/C13H21N3O4S/c1-5-20-12-10(8(2)15-16(12)3)11(17)14-9(13(18)19)6-7-21-4/h9H,5-7H2,1-4H3,(H,14,17)(H,18,19). The maximum atomic E-state index is 12.3. The minimum Gasteiger partial charge on any atom is -0.480 e. The van der Waals surface area contributed by atoms with Crippen molar-refractivity contribution in [2.45, 2.75) is 26.3 Å². The van der Waals surface area contributed by atoms with Gasteiger partial charge in [-0.1, -0.05) is 0 Å². The first-order valence-corrected chi connectivity index (χ1v) is 8.00. The SMILES string of the molecule is CCOc1c(C(=O)NC(CCSC)C(=O)O)c(C)nn1C. The molecular weight excluding hydrogens is 294 g/mol. The summed E-state index contributed by atoms with van der Waals surface area (Å²) in [5, 5.41) is 15.8. The van der Waals surface area contributed by atoms with Crippen molar-refractivity contribution in [1.29, 1.82) is 0 Å².